The fourth-order valence-electron chi connectivity index (χ4n) is 2.35. The lowest BCUT2D eigenvalue weighted by Gasteiger charge is -2.12. The van der Waals surface area contributed by atoms with Gasteiger partial charge >= 0.3 is 0 Å². The highest BCUT2D eigenvalue weighted by Crippen LogP contribution is 2.29. The zero-order chi connectivity index (χ0) is 18.5. The highest BCUT2D eigenvalue weighted by molar-refractivity contribution is 7.07. The maximum absolute atomic E-state index is 12.5. The van der Waals surface area contributed by atoms with Gasteiger partial charge in [-0.3, -0.25) is 4.79 Å². The second kappa shape index (κ2) is 8.21. The first-order valence-electron chi connectivity index (χ1n) is 7.82. The molecule has 3 rings (SSSR count). The molecule has 7 heteroatoms. The number of methoxy groups -OCH3 is 1. The largest absolute Gasteiger partial charge is 0.493 e. The van der Waals surface area contributed by atoms with Gasteiger partial charge in [0, 0.05) is 21.7 Å². The molecule has 1 aromatic heterocycles. The Morgan fingerprint density at radius 2 is 2.08 bits per heavy atom. The number of thiazole rings is 1. The third-order valence-corrected chi connectivity index (χ3v) is 4.59. The van der Waals surface area contributed by atoms with Gasteiger partial charge in [0.2, 0.25) is 0 Å². The minimum absolute atomic E-state index is 0.236. The number of hydrogen-bond donors (Lipinski definition) is 1. The molecule has 0 atom stereocenters. The third kappa shape index (κ3) is 4.33. The molecule has 3 aromatic rings. The van der Waals surface area contributed by atoms with E-state index in [2.05, 4.69) is 10.3 Å². The lowest BCUT2D eigenvalue weighted by Crippen LogP contribution is -2.13. The Hall–Kier alpha value is -2.57. The van der Waals surface area contributed by atoms with E-state index in [4.69, 9.17) is 21.1 Å². The molecule has 1 heterocycles. The average molecular weight is 389 g/mol. The number of nitrogens with one attached hydrogen (secondary N) is 1. The summed E-state index contributed by atoms with van der Waals surface area (Å²) >= 11 is 7.46. The molecule has 2 aromatic carbocycles. The van der Waals surface area contributed by atoms with Crippen molar-refractivity contribution in [3.8, 4) is 11.5 Å². The Bertz CT molecular complexity index is 913. The zero-order valence-electron chi connectivity index (χ0n) is 14.3. The van der Waals surface area contributed by atoms with Gasteiger partial charge in [-0.2, -0.15) is 0 Å². The van der Waals surface area contributed by atoms with Gasteiger partial charge in [-0.25, -0.2) is 4.98 Å². The molecule has 134 valence electrons. The van der Waals surface area contributed by atoms with Crippen molar-refractivity contribution >= 4 is 34.5 Å². The molecule has 0 spiro atoms. The van der Waals surface area contributed by atoms with Crippen LogP contribution in [-0.2, 0) is 6.61 Å². The molecule has 5 nitrogen and oxygen atoms in total. The summed E-state index contributed by atoms with van der Waals surface area (Å²) in [5, 5.41) is 5.42. The summed E-state index contributed by atoms with van der Waals surface area (Å²) in [6.45, 7) is 2.23. The maximum atomic E-state index is 12.5. The zero-order valence-corrected chi connectivity index (χ0v) is 15.9. The van der Waals surface area contributed by atoms with E-state index < -0.39 is 0 Å². The van der Waals surface area contributed by atoms with Crippen LogP contribution >= 0.6 is 22.9 Å². The van der Waals surface area contributed by atoms with Crippen LogP contribution in [0.3, 0.4) is 0 Å². The Morgan fingerprint density at radius 1 is 1.23 bits per heavy atom. The topological polar surface area (TPSA) is 60.5 Å². The number of benzene rings is 2. The van der Waals surface area contributed by atoms with Crippen LogP contribution in [0.1, 0.15) is 21.6 Å². The van der Waals surface area contributed by atoms with Gasteiger partial charge < -0.3 is 14.8 Å². The molecule has 0 aliphatic carbocycles. The predicted molar refractivity (Wildman–Crippen MR) is 104 cm³/mol. The first kappa shape index (κ1) is 18.2. The summed E-state index contributed by atoms with van der Waals surface area (Å²) in [4.78, 5) is 16.7. The highest BCUT2D eigenvalue weighted by atomic mass is 35.5. The number of carbonyl (C=O) groups is 1. The summed E-state index contributed by atoms with van der Waals surface area (Å²) in [5.74, 6) is 0.806. The first-order chi connectivity index (χ1) is 12.6. The molecule has 0 aliphatic rings. The molecule has 0 fully saturated rings. The molecule has 0 unspecified atom stereocenters. The summed E-state index contributed by atoms with van der Waals surface area (Å²) in [6, 6.07) is 10.4. The number of aryl methyl sites for hydroxylation is 1. The smallest absolute Gasteiger partial charge is 0.255 e. The standard InChI is InChI=1S/C19H17ClN2O3S/c1-12-7-14(20)4-5-16(12)22-19(23)13-3-6-17(18(8-13)24-2)25-9-15-10-26-11-21-15/h3-8,10-11H,9H2,1-2H3,(H,22,23). The Balaban J connectivity index is 1.74. The fourth-order valence-corrected chi connectivity index (χ4v) is 3.12. The molecule has 1 N–H and O–H groups in total. The Labute approximate surface area is 160 Å². The number of rotatable bonds is 6. The summed E-state index contributed by atoms with van der Waals surface area (Å²) in [6.07, 6.45) is 0. The van der Waals surface area contributed by atoms with Crippen molar-refractivity contribution < 1.29 is 14.3 Å². The van der Waals surface area contributed by atoms with Crippen LogP contribution in [0, 0.1) is 6.92 Å². The van der Waals surface area contributed by atoms with E-state index in [0.717, 1.165) is 11.3 Å². The van der Waals surface area contributed by atoms with Crippen LogP contribution in [0.25, 0.3) is 0 Å². The monoisotopic (exact) mass is 388 g/mol. The van der Waals surface area contributed by atoms with Gasteiger partial charge in [0.1, 0.15) is 6.61 Å². The van der Waals surface area contributed by atoms with Crippen molar-refractivity contribution in [2.24, 2.45) is 0 Å². The first-order valence-corrected chi connectivity index (χ1v) is 9.14. The second-order valence-corrected chi connectivity index (χ2v) is 6.70. The van der Waals surface area contributed by atoms with E-state index in [1.807, 2.05) is 12.3 Å². The quantitative estimate of drug-likeness (QED) is 0.649. The number of ether oxygens (including phenoxy) is 2. The SMILES string of the molecule is COc1cc(C(=O)Nc2ccc(Cl)cc2C)ccc1OCc1cscn1. The van der Waals surface area contributed by atoms with Crippen LogP contribution in [0.4, 0.5) is 5.69 Å². The number of amides is 1. The van der Waals surface area contributed by atoms with E-state index in [1.54, 1.807) is 41.9 Å². The van der Waals surface area contributed by atoms with E-state index in [-0.39, 0.29) is 5.91 Å². The van der Waals surface area contributed by atoms with Gasteiger partial charge in [0.25, 0.3) is 5.91 Å². The van der Waals surface area contributed by atoms with Gasteiger partial charge in [-0.15, -0.1) is 11.3 Å². The minimum atomic E-state index is -0.236. The second-order valence-electron chi connectivity index (χ2n) is 5.55. The number of nitrogens with zero attached hydrogens (tertiary/aromatic N) is 1. The normalized spacial score (nSPS) is 10.4. The molecular weight excluding hydrogens is 372 g/mol. The van der Waals surface area contributed by atoms with E-state index in [9.17, 15) is 4.79 Å². The van der Waals surface area contributed by atoms with Gasteiger partial charge in [-0.1, -0.05) is 11.6 Å². The Kier molecular flexibility index (Phi) is 5.75. The number of anilines is 1. The van der Waals surface area contributed by atoms with E-state index in [0.29, 0.717) is 34.4 Å². The van der Waals surface area contributed by atoms with E-state index in [1.165, 1.54) is 18.4 Å². The lowest BCUT2D eigenvalue weighted by atomic mass is 10.1. The van der Waals surface area contributed by atoms with Crippen molar-refractivity contribution in [2.75, 3.05) is 12.4 Å². The van der Waals surface area contributed by atoms with Crippen molar-refractivity contribution in [3.05, 3.63) is 69.1 Å². The summed E-state index contributed by atoms with van der Waals surface area (Å²) in [5.41, 5.74) is 4.67. The molecule has 1 amide bonds. The molecule has 0 saturated heterocycles. The molecule has 0 aliphatic heterocycles. The average Bonchev–Trinajstić information content (AvgIpc) is 3.15. The predicted octanol–water partition coefficient (Wildman–Crippen LogP) is 4.94. The summed E-state index contributed by atoms with van der Waals surface area (Å²) in [7, 11) is 1.54. The van der Waals surface area contributed by atoms with Crippen LogP contribution in [0.5, 0.6) is 11.5 Å². The number of aromatic nitrogens is 1. The molecule has 0 bridgehead atoms. The van der Waals surface area contributed by atoms with Gasteiger partial charge in [0.05, 0.1) is 18.3 Å². The minimum Gasteiger partial charge on any atom is -0.493 e. The van der Waals surface area contributed by atoms with Crippen molar-refractivity contribution in [3.63, 3.8) is 0 Å². The van der Waals surface area contributed by atoms with Gasteiger partial charge in [0.15, 0.2) is 11.5 Å². The van der Waals surface area contributed by atoms with Gasteiger partial charge in [-0.05, 0) is 48.9 Å². The number of hydrogen-bond acceptors (Lipinski definition) is 5. The Morgan fingerprint density at radius 3 is 2.77 bits per heavy atom. The molecule has 0 radical (unpaired) electrons. The highest BCUT2D eigenvalue weighted by Gasteiger charge is 2.13. The fraction of sp³-hybridized carbons (Fsp3) is 0.158. The van der Waals surface area contributed by atoms with Crippen LogP contribution in [-0.4, -0.2) is 18.0 Å². The number of carbonyl (C=O) groups excluding carboxylic acids is 1. The van der Waals surface area contributed by atoms with Crippen molar-refractivity contribution in [1.29, 1.82) is 0 Å². The van der Waals surface area contributed by atoms with Crippen LogP contribution in [0.2, 0.25) is 5.02 Å². The molecule has 0 saturated carbocycles. The molecular formula is C19H17ClN2O3S. The van der Waals surface area contributed by atoms with Crippen molar-refractivity contribution in [2.45, 2.75) is 13.5 Å². The molecule has 26 heavy (non-hydrogen) atoms. The van der Waals surface area contributed by atoms with Crippen LogP contribution < -0.4 is 14.8 Å². The summed E-state index contributed by atoms with van der Waals surface area (Å²) < 4.78 is 11.1. The van der Waals surface area contributed by atoms with Crippen molar-refractivity contribution in [1.82, 2.24) is 4.98 Å². The van der Waals surface area contributed by atoms with Crippen LogP contribution in [0.15, 0.2) is 47.3 Å². The third-order valence-electron chi connectivity index (χ3n) is 3.72. The number of halogens is 1. The maximum Gasteiger partial charge on any atom is 0.255 e. The lowest BCUT2D eigenvalue weighted by molar-refractivity contribution is 0.102. The van der Waals surface area contributed by atoms with E-state index >= 15 is 0 Å².